The highest BCUT2D eigenvalue weighted by atomic mass is 79.9. The third kappa shape index (κ3) is 3.83. The fourth-order valence-electron chi connectivity index (χ4n) is 1.67. The summed E-state index contributed by atoms with van der Waals surface area (Å²) in [4.78, 5) is 12.5. The maximum absolute atomic E-state index is 10.6. The predicted octanol–water partition coefficient (Wildman–Crippen LogP) is 3.62. The molecule has 1 heterocycles. The van der Waals surface area contributed by atoms with Crippen LogP contribution in [0.2, 0.25) is 0 Å². The van der Waals surface area contributed by atoms with Crippen LogP contribution in [0.25, 0.3) is 0 Å². The molecular formula is C14H11BrN2O2S. The summed E-state index contributed by atoms with van der Waals surface area (Å²) >= 11 is 4.89. The van der Waals surface area contributed by atoms with Gasteiger partial charge in [-0.1, -0.05) is 0 Å². The van der Waals surface area contributed by atoms with Crippen LogP contribution in [-0.2, 0) is 17.8 Å². The van der Waals surface area contributed by atoms with Crippen molar-refractivity contribution >= 4 is 38.9 Å². The quantitative estimate of drug-likeness (QED) is 0.863. The molecule has 0 saturated heterocycles. The number of hydrogen-bond donors (Lipinski definition) is 2. The van der Waals surface area contributed by atoms with Gasteiger partial charge in [-0.2, -0.15) is 5.26 Å². The van der Waals surface area contributed by atoms with Gasteiger partial charge in [-0.05, 0) is 46.3 Å². The minimum Gasteiger partial charge on any atom is -0.481 e. The number of halogens is 1. The zero-order chi connectivity index (χ0) is 14.5. The van der Waals surface area contributed by atoms with Gasteiger partial charge in [0.1, 0.15) is 0 Å². The average Bonchev–Trinajstić information content (AvgIpc) is 2.84. The molecule has 6 heteroatoms. The smallest absolute Gasteiger partial charge is 0.308 e. The number of anilines is 1. The van der Waals surface area contributed by atoms with Gasteiger partial charge in [0.15, 0.2) is 0 Å². The Morgan fingerprint density at radius 1 is 1.35 bits per heavy atom. The molecule has 2 aromatic rings. The van der Waals surface area contributed by atoms with Gasteiger partial charge in [-0.15, -0.1) is 11.3 Å². The van der Waals surface area contributed by atoms with Crippen molar-refractivity contribution in [3.8, 4) is 6.07 Å². The van der Waals surface area contributed by atoms with E-state index in [-0.39, 0.29) is 6.42 Å². The molecule has 2 N–H and O–H groups in total. The van der Waals surface area contributed by atoms with E-state index >= 15 is 0 Å². The first-order valence-corrected chi connectivity index (χ1v) is 7.42. The minimum absolute atomic E-state index is 0.0607. The van der Waals surface area contributed by atoms with Gasteiger partial charge < -0.3 is 10.4 Å². The summed E-state index contributed by atoms with van der Waals surface area (Å²) in [6, 6.07) is 11.2. The number of thiophene rings is 1. The second kappa shape index (κ2) is 6.55. The lowest BCUT2D eigenvalue weighted by Gasteiger charge is -2.07. The third-order valence-electron chi connectivity index (χ3n) is 2.59. The monoisotopic (exact) mass is 350 g/mol. The lowest BCUT2D eigenvalue weighted by molar-refractivity contribution is -0.136. The summed E-state index contributed by atoms with van der Waals surface area (Å²) in [6.45, 7) is 0.620. The average molecular weight is 351 g/mol. The number of nitriles is 1. The number of nitrogens with one attached hydrogen (secondary N) is 1. The molecule has 4 nitrogen and oxygen atoms in total. The Bertz CT molecular complexity index is 676. The first-order valence-electron chi connectivity index (χ1n) is 5.81. The molecule has 0 bridgehead atoms. The molecule has 0 saturated carbocycles. The first-order chi connectivity index (χ1) is 9.58. The Balaban J connectivity index is 2.00. The second-order valence-electron chi connectivity index (χ2n) is 4.10. The molecule has 0 aliphatic carbocycles. The Morgan fingerprint density at radius 2 is 2.10 bits per heavy atom. The predicted molar refractivity (Wildman–Crippen MR) is 81.8 cm³/mol. The molecule has 1 aromatic carbocycles. The zero-order valence-electron chi connectivity index (χ0n) is 10.4. The van der Waals surface area contributed by atoms with Crippen molar-refractivity contribution in [2.24, 2.45) is 0 Å². The number of hydrogen-bond acceptors (Lipinski definition) is 4. The van der Waals surface area contributed by atoms with Crippen LogP contribution in [0.5, 0.6) is 0 Å². The van der Waals surface area contributed by atoms with Crippen molar-refractivity contribution in [2.45, 2.75) is 13.0 Å². The van der Waals surface area contributed by atoms with Crippen LogP contribution in [0.3, 0.4) is 0 Å². The SMILES string of the molecule is N#Cc1ccc(NCc2ccc(CC(=O)O)s2)c(Br)c1. The molecule has 20 heavy (non-hydrogen) atoms. The highest BCUT2D eigenvalue weighted by Gasteiger charge is 2.06. The number of rotatable bonds is 5. The molecule has 0 aliphatic heterocycles. The molecule has 0 amide bonds. The standard InChI is InChI=1S/C14H11BrN2O2S/c15-12-5-9(7-16)1-4-13(12)17-8-11-3-2-10(20-11)6-14(18)19/h1-5,17H,6,8H2,(H,18,19). The number of aliphatic carboxylic acids is 1. The van der Waals surface area contributed by atoms with Crippen LogP contribution in [0.15, 0.2) is 34.8 Å². The summed E-state index contributed by atoms with van der Waals surface area (Å²) < 4.78 is 0.832. The largest absolute Gasteiger partial charge is 0.481 e. The minimum atomic E-state index is -0.818. The number of carboxylic acids is 1. The summed E-state index contributed by atoms with van der Waals surface area (Å²) in [6.07, 6.45) is 0.0607. The molecule has 0 spiro atoms. The van der Waals surface area contributed by atoms with Crippen LogP contribution < -0.4 is 5.32 Å². The van der Waals surface area contributed by atoms with Crippen molar-refractivity contribution in [3.05, 3.63) is 50.1 Å². The van der Waals surface area contributed by atoms with Gasteiger partial charge in [0.2, 0.25) is 0 Å². The van der Waals surface area contributed by atoms with E-state index in [2.05, 4.69) is 27.3 Å². The summed E-state index contributed by atoms with van der Waals surface area (Å²) in [5.41, 5.74) is 1.50. The lowest BCUT2D eigenvalue weighted by Crippen LogP contribution is -1.98. The van der Waals surface area contributed by atoms with Crippen LogP contribution >= 0.6 is 27.3 Å². The van der Waals surface area contributed by atoms with Crippen molar-refractivity contribution in [1.82, 2.24) is 0 Å². The van der Waals surface area contributed by atoms with Crippen LogP contribution in [0.4, 0.5) is 5.69 Å². The molecule has 0 atom stereocenters. The highest BCUT2D eigenvalue weighted by molar-refractivity contribution is 9.10. The molecule has 0 fully saturated rings. The third-order valence-corrected chi connectivity index (χ3v) is 4.34. The molecule has 1 aromatic heterocycles. The topological polar surface area (TPSA) is 73.1 Å². The molecular weight excluding hydrogens is 340 g/mol. The Hall–Kier alpha value is -1.84. The van der Waals surface area contributed by atoms with Gasteiger partial charge in [0.25, 0.3) is 0 Å². The Kier molecular flexibility index (Phi) is 4.77. The Morgan fingerprint density at radius 3 is 2.75 bits per heavy atom. The van der Waals surface area contributed by atoms with Crippen LogP contribution in [0.1, 0.15) is 15.3 Å². The zero-order valence-corrected chi connectivity index (χ0v) is 12.8. The fourth-order valence-corrected chi connectivity index (χ4v) is 3.14. The maximum Gasteiger partial charge on any atom is 0.308 e. The van der Waals surface area contributed by atoms with Gasteiger partial charge >= 0.3 is 5.97 Å². The van der Waals surface area contributed by atoms with Gasteiger partial charge in [0.05, 0.1) is 18.1 Å². The van der Waals surface area contributed by atoms with Crippen molar-refractivity contribution in [2.75, 3.05) is 5.32 Å². The number of benzene rings is 1. The van der Waals surface area contributed by atoms with E-state index in [0.717, 1.165) is 19.9 Å². The van der Waals surface area contributed by atoms with Crippen molar-refractivity contribution in [1.29, 1.82) is 5.26 Å². The Labute approximate surface area is 128 Å². The lowest BCUT2D eigenvalue weighted by atomic mass is 10.2. The van der Waals surface area contributed by atoms with E-state index in [9.17, 15) is 4.79 Å². The molecule has 0 radical (unpaired) electrons. The molecule has 0 unspecified atom stereocenters. The van der Waals surface area contributed by atoms with Gasteiger partial charge in [-0.25, -0.2) is 0 Å². The normalized spacial score (nSPS) is 10.0. The van der Waals surface area contributed by atoms with E-state index < -0.39 is 5.97 Å². The van der Waals surface area contributed by atoms with Crippen molar-refractivity contribution in [3.63, 3.8) is 0 Å². The molecule has 2 rings (SSSR count). The fraction of sp³-hybridized carbons (Fsp3) is 0.143. The van der Waals surface area contributed by atoms with E-state index in [1.54, 1.807) is 12.1 Å². The maximum atomic E-state index is 10.6. The molecule has 102 valence electrons. The van der Waals surface area contributed by atoms with Crippen LogP contribution in [0, 0.1) is 11.3 Å². The highest BCUT2D eigenvalue weighted by Crippen LogP contribution is 2.25. The summed E-state index contributed by atoms with van der Waals surface area (Å²) in [7, 11) is 0. The second-order valence-corrected chi connectivity index (χ2v) is 6.21. The van der Waals surface area contributed by atoms with Gasteiger partial charge in [0, 0.05) is 26.5 Å². The first kappa shape index (κ1) is 14.6. The van der Waals surface area contributed by atoms with Crippen LogP contribution in [-0.4, -0.2) is 11.1 Å². The van der Waals surface area contributed by atoms with E-state index in [1.807, 2.05) is 18.2 Å². The number of carbonyl (C=O) groups is 1. The van der Waals surface area contributed by atoms with E-state index in [1.165, 1.54) is 11.3 Å². The van der Waals surface area contributed by atoms with E-state index in [0.29, 0.717) is 12.1 Å². The summed E-state index contributed by atoms with van der Waals surface area (Å²) in [5.74, 6) is -0.818. The van der Waals surface area contributed by atoms with Crippen molar-refractivity contribution < 1.29 is 9.90 Å². The number of carboxylic acid groups (broad SMARTS) is 1. The summed E-state index contributed by atoms with van der Waals surface area (Å²) in [5, 5.41) is 20.8. The molecule has 0 aliphatic rings. The van der Waals surface area contributed by atoms with E-state index in [4.69, 9.17) is 10.4 Å². The number of nitrogens with zero attached hydrogens (tertiary/aromatic N) is 1. The van der Waals surface area contributed by atoms with Gasteiger partial charge in [-0.3, -0.25) is 4.79 Å².